The van der Waals surface area contributed by atoms with Crippen LogP contribution in [0.5, 0.6) is 0 Å². The predicted octanol–water partition coefficient (Wildman–Crippen LogP) is 4.84. The van der Waals surface area contributed by atoms with E-state index in [-0.39, 0.29) is 11.8 Å². The molecular weight excluding hydrogens is 384 g/mol. The number of nitrogens with one attached hydrogen (secondary N) is 1. The second-order valence-electron chi connectivity index (χ2n) is 8.38. The van der Waals surface area contributed by atoms with Crippen LogP contribution in [0.1, 0.15) is 46.5 Å². The van der Waals surface area contributed by atoms with Crippen molar-refractivity contribution in [3.8, 4) is 0 Å². The third-order valence-electron chi connectivity index (χ3n) is 6.25. The topological polar surface area (TPSA) is 49.4 Å². The fourth-order valence-electron chi connectivity index (χ4n) is 4.35. The van der Waals surface area contributed by atoms with Gasteiger partial charge in [0.05, 0.1) is 0 Å². The van der Waals surface area contributed by atoms with Crippen LogP contribution in [0.2, 0.25) is 0 Å². The second kappa shape index (κ2) is 8.38. The maximum atomic E-state index is 13.6. The van der Waals surface area contributed by atoms with Crippen molar-refractivity contribution in [1.82, 2.24) is 5.32 Å². The Morgan fingerprint density at radius 3 is 2.55 bits per heavy atom. The number of anilines is 1. The van der Waals surface area contributed by atoms with Crippen LogP contribution in [0.4, 0.5) is 5.69 Å². The van der Waals surface area contributed by atoms with Crippen LogP contribution >= 0.6 is 0 Å². The Morgan fingerprint density at radius 1 is 1.03 bits per heavy atom. The molecule has 3 aromatic rings. The smallest absolute Gasteiger partial charge is 0.259 e. The van der Waals surface area contributed by atoms with Gasteiger partial charge in [-0.05, 0) is 60.7 Å². The molecule has 4 heteroatoms. The summed E-state index contributed by atoms with van der Waals surface area (Å²) in [5, 5.41) is 3.10. The molecule has 1 heterocycles. The molecule has 2 amide bonds. The van der Waals surface area contributed by atoms with Gasteiger partial charge < -0.3 is 5.32 Å². The molecule has 4 nitrogen and oxygen atoms in total. The fourth-order valence-corrected chi connectivity index (χ4v) is 4.35. The van der Waals surface area contributed by atoms with Gasteiger partial charge in [-0.15, -0.1) is 0 Å². The van der Waals surface area contributed by atoms with Gasteiger partial charge in [-0.3, -0.25) is 14.5 Å². The molecule has 1 N–H and O–H groups in total. The van der Waals surface area contributed by atoms with E-state index in [4.69, 9.17) is 0 Å². The number of fused-ring (bicyclic) bond motifs is 1. The first kappa shape index (κ1) is 20.9. The zero-order valence-corrected chi connectivity index (χ0v) is 18.3. The van der Waals surface area contributed by atoms with Gasteiger partial charge in [0.15, 0.2) is 0 Å². The minimum Gasteiger partial charge on any atom is -0.350 e. The van der Waals surface area contributed by atoms with Gasteiger partial charge >= 0.3 is 0 Å². The van der Waals surface area contributed by atoms with Crippen molar-refractivity contribution in [1.29, 1.82) is 0 Å². The van der Waals surface area contributed by atoms with Crippen LogP contribution < -0.4 is 10.2 Å². The highest BCUT2D eigenvalue weighted by atomic mass is 16.2. The first-order valence-corrected chi connectivity index (χ1v) is 10.8. The van der Waals surface area contributed by atoms with Crippen molar-refractivity contribution in [2.24, 2.45) is 0 Å². The summed E-state index contributed by atoms with van der Waals surface area (Å²) in [5.74, 6) is -0.288. The first-order valence-electron chi connectivity index (χ1n) is 10.8. The van der Waals surface area contributed by atoms with E-state index in [2.05, 4.69) is 12.2 Å². The van der Waals surface area contributed by atoms with Crippen LogP contribution in [0.15, 0.2) is 72.8 Å². The molecule has 31 heavy (non-hydrogen) atoms. The molecule has 0 fully saturated rings. The van der Waals surface area contributed by atoms with Crippen LogP contribution in [0.3, 0.4) is 0 Å². The highest BCUT2D eigenvalue weighted by Crippen LogP contribution is 2.36. The molecule has 3 aromatic carbocycles. The number of carbonyl (C=O) groups excluding carboxylic acids is 2. The lowest BCUT2D eigenvalue weighted by atomic mass is 9.82. The van der Waals surface area contributed by atoms with Crippen molar-refractivity contribution in [3.63, 3.8) is 0 Å². The van der Waals surface area contributed by atoms with E-state index in [0.717, 1.165) is 34.4 Å². The number of benzene rings is 3. The normalized spacial score (nSPS) is 17.9. The Kier molecular flexibility index (Phi) is 5.64. The van der Waals surface area contributed by atoms with Crippen LogP contribution in [-0.2, 0) is 24.2 Å². The van der Waals surface area contributed by atoms with E-state index >= 15 is 0 Å². The number of aryl methyl sites for hydroxylation is 2. The third kappa shape index (κ3) is 3.86. The average molecular weight is 413 g/mol. The SMILES string of the molecule is CCc1cccc(N2C(=O)c3ccccc3C[C@@]2(C)C(=O)NCc2ccccc2C)c1. The molecule has 0 radical (unpaired) electrons. The van der Waals surface area contributed by atoms with E-state index in [1.807, 2.05) is 86.6 Å². The maximum Gasteiger partial charge on any atom is 0.259 e. The van der Waals surface area contributed by atoms with E-state index < -0.39 is 5.54 Å². The number of carbonyl (C=O) groups is 2. The standard InChI is InChI=1S/C27H28N2O2/c1-4-20-11-9-14-23(16-20)29-25(30)24-15-8-7-12-21(24)17-27(29,3)26(31)28-18-22-13-6-5-10-19(22)2/h5-16H,4,17-18H2,1-3H3,(H,28,31)/t27-/m0/s1. The monoisotopic (exact) mass is 412 g/mol. The van der Waals surface area contributed by atoms with Crippen molar-refractivity contribution < 1.29 is 9.59 Å². The Bertz CT molecular complexity index is 1140. The lowest BCUT2D eigenvalue weighted by Gasteiger charge is -2.44. The predicted molar refractivity (Wildman–Crippen MR) is 124 cm³/mol. The van der Waals surface area contributed by atoms with Gasteiger partial charge in [0.2, 0.25) is 5.91 Å². The van der Waals surface area contributed by atoms with Crippen molar-refractivity contribution >= 4 is 17.5 Å². The van der Waals surface area contributed by atoms with E-state index in [9.17, 15) is 9.59 Å². The Labute approximate surface area is 183 Å². The van der Waals surface area contributed by atoms with Gasteiger partial charge in [-0.2, -0.15) is 0 Å². The van der Waals surface area contributed by atoms with Crippen molar-refractivity contribution in [2.75, 3.05) is 4.90 Å². The molecule has 158 valence electrons. The van der Waals surface area contributed by atoms with Crippen molar-refractivity contribution in [2.45, 2.75) is 45.7 Å². The highest BCUT2D eigenvalue weighted by molar-refractivity contribution is 6.14. The number of amides is 2. The molecule has 0 bridgehead atoms. The van der Waals surface area contributed by atoms with Gasteiger partial charge in [0.1, 0.15) is 5.54 Å². The zero-order valence-electron chi connectivity index (χ0n) is 18.3. The van der Waals surface area contributed by atoms with Crippen molar-refractivity contribution in [3.05, 3.63) is 101 Å². The molecular formula is C27H28N2O2. The summed E-state index contributed by atoms with van der Waals surface area (Å²) < 4.78 is 0. The highest BCUT2D eigenvalue weighted by Gasteiger charge is 2.47. The molecule has 1 aliphatic rings. The van der Waals surface area contributed by atoms with Crippen LogP contribution in [0, 0.1) is 6.92 Å². The number of hydrogen-bond donors (Lipinski definition) is 1. The summed E-state index contributed by atoms with van der Waals surface area (Å²) in [6.07, 6.45) is 1.33. The van der Waals surface area contributed by atoms with Gasteiger partial charge in [-0.1, -0.05) is 61.5 Å². The molecule has 1 aliphatic heterocycles. The van der Waals surface area contributed by atoms with Gasteiger partial charge in [-0.25, -0.2) is 0 Å². The lowest BCUT2D eigenvalue weighted by Crippen LogP contribution is -2.63. The Morgan fingerprint density at radius 2 is 1.77 bits per heavy atom. The van der Waals surface area contributed by atoms with E-state index in [0.29, 0.717) is 18.5 Å². The summed E-state index contributed by atoms with van der Waals surface area (Å²) in [7, 11) is 0. The lowest BCUT2D eigenvalue weighted by molar-refractivity contribution is -0.126. The summed E-state index contributed by atoms with van der Waals surface area (Å²) in [6.45, 7) is 6.42. The largest absolute Gasteiger partial charge is 0.350 e. The number of nitrogens with zero attached hydrogens (tertiary/aromatic N) is 1. The first-order chi connectivity index (χ1) is 14.9. The molecule has 1 atom stereocenters. The Balaban J connectivity index is 1.73. The molecule has 4 rings (SSSR count). The molecule has 0 saturated heterocycles. The minimum absolute atomic E-state index is 0.136. The van der Waals surface area contributed by atoms with E-state index in [1.54, 1.807) is 4.90 Å². The summed E-state index contributed by atoms with van der Waals surface area (Å²) in [4.78, 5) is 28.9. The number of rotatable bonds is 5. The van der Waals surface area contributed by atoms with Crippen LogP contribution in [0.25, 0.3) is 0 Å². The third-order valence-corrected chi connectivity index (χ3v) is 6.25. The molecule has 0 unspecified atom stereocenters. The average Bonchev–Trinajstić information content (AvgIpc) is 2.78. The van der Waals surface area contributed by atoms with Crippen LogP contribution in [-0.4, -0.2) is 17.4 Å². The van der Waals surface area contributed by atoms with Gasteiger partial charge in [0.25, 0.3) is 5.91 Å². The minimum atomic E-state index is -1.03. The molecule has 0 aliphatic carbocycles. The summed E-state index contributed by atoms with van der Waals surface area (Å²) in [6, 6.07) is 23.5. The second-order valence-corrected chi connectivity index (χ2v) is 8.38. The fraction of sp³-hybridized carbons (Fsp3) is 0.259. The maximum absolute atomic E-state index is 13.6. The van der Waals surface area contributed by atoms with Gasteiger partial charge in [0, 0.05) is 24.2 Å². The summed E-state index contributed by atoms with van der Waals surface area (Å²) in [5.41, 5.74) is 4.63. The molecule has 0 saturated carbocycles. The molecule has 0 spiro atoms. The summed E-state index contributed by atoms with van der Waals surface area (Å²) >= 11 is 0. The Hall–Kier alpha value is -3.40. The quantitative estimate of drug-likeness (QED) is 0.652. The number of hydrogen-bond acceptors (Lipinski definition) is 2. The van der Waals surface area contributed by atoms with E-state index in [1.165, 1.54) is 0 Å². The molecule has 0 aromatic heterocycles. The zero-order chi connectivity index (χ0) is 22.0.